The summed E-state index contributed by atoms with van der Waals surface area (Å²) >= 11 is 1.55. The number of rotatable bonds is 8. The fraction of sp³-hybridized carbons (Fsp3) is 0.435. The van der Waals surface area contributed by atoms with Crippen LogP contribution in [0.15, 0.2) is 35.8 Å². The number of aromatic nitrogens is 3. The zero-order valence-corrected chi connectivity index (χ0v) is 18.5. The highest BCUT2D eigenvalue weighted by Gasteiger charge is 2.31. The molecule has 0 bridgehead atoms. The van der Waals surface area contributed by atoms with Gasteiger partial charge in [0.2, 0.25) is 0 Å². The number of thiazole rings is 1. The van der Waals surface area contributed by atoms with Crippen molar-refractivity contribution in [2.24, 2.45) is 5.92 Å². The number of fused-ring (bicyclic) bond motifs is 1. The lowest BCUT2D eigenvalue weighted by molar-refractivity contribution is 0.0942. The monoisotopic (exact) mass is 437 g/mol. The molecule has 0 saturated heterocycles. The van der Waals surface area contributed by atoms with Gasteiger partial charge in [-0.2, -0.15) is 5.10 Å². The predicted octanol–water partition coefficient (Wildman–Crippen LogP) is 3.25. The number of methoxy groups -OCH3 is 1. The van der Waals surface area contributed by atoms with Crippen LogP contribution in [0.5, 0.6) is 5.75 Å². The Kier molecular flexibility index (Phi) is 5.74. The van der Waals surface area contributed by atoms with Gasteiger partial charge in [0.05, 0.1) is 13.7 Å². The van der Waals surface area contributed by atoms with Gasteiger partial charge in [0, 0.05) is 55.4 Å². The van der Waals surface area contributed by atoms with Crippen molar-refractivity contribution in [3.05, 3.63) is 63.4 Å². The number of nitrogens with one attached hydrogen (secondary N) is 1. The van der Waals surface area contributed by atoms with Crippen LogP contribution in [-0.4, -0.2) is 39.2 Å². The van der Waals surface area contributed by atoms with Crippen molar-refractivity contribution < 1.29 is 9.53 Å². The van der Waals surface area contributed by atoms with Gasteiger partial charge in [0.1, 0.15) is 10.8 Å². The molecule has 0 atom stereocenters. The van der Waals surface area contributed by atoms with Crippen LogP contribution in [0.1, 0.15) is 45.2 Å². The summed E-state index contributed by atoms with van der Waals surface area (Å²) in [6.45, 7) is 3.93. The van der Waals surface area contributed by atoms with Crippen LogP contribution in [0, 0.1) is 5.92 Å². The van der Waals surface area contributed by atoms with Crippen molar-refractivity contribution in [1.29, 1.82) is 0 Å². The molecule has 1 aromatic carbocycles. The molecule has 1 N–H and O–H groups in total. The molecule has 1 aliphatic carbocycles. The minimum Gasteiger partial charge on any atom is -0.497 e. The Labute approximate surface area is 186 Å². The molecule has 5 rings (SSSR count). The van der Waals surface area contributed by atoms with Crippen molar-refractivity contribution in [3.63, 3.8) is 0 Å². The predicted molar refractivity (Wildman–Crippen MR) is 119 cm³/mol. The van der Waals surface area contributed by atoms with Gasteiger partial charge in [-0.05, 0) is 36.5 Å². The van der Waals surface area contributed by atoms with Crippen LogP contribution in [0.25, 0.3) is 0 Å². The summed E-state index contributed by atoms with van der Waals surface area (Å²) in [7, 11) is 1.68. The maximum absolute atomic E-state index is 13.0. The Morgan fingerprint density at radius 1 is 1.29 bits per heavy atom. The maximum atomic E-state index is 13.0. The van der Waals surface area contributed by atoms with Crippen molar-refractivity contribution in [2.45, 2.75) is 45.4 Å². The summed E-state index contributed by atoms with van der Waals surface area (Å²) in [4.78, 5) is 19.7. The van der Waals surface area contributed by atoms with Gasteiger partial charge in [0.15, 0.2) is 5.69 Å². The number of hydrogen-bond donors (Lipinski definition) is 1. The Hall–Kier alpha value is -2.71. The number of nitrogens with zero attached hydrogens (tertiary/aromatic N) is 4. The summed E-state index contributed by atoms with van der Waals surface area (Å²) < 4.78 is 7.37. The van der Waals surface area contributed by atoms with Crippen LogP contribution in [-0.2, 0) is 32.6 Å². The number of ether oxygens (including phenoxy) is 1. The molecule has 3 aromatic rings. The Bertz CT molecular complexity index is 1040. The van der Waals surface area contributed by atoms with Crippen LogP contribution in [0.3, 0.4) is 0 Å². The second-order valence-electron chi connectivity index (χ2n) is 8.32. The first-order valence-corrected chi connectivity index (χ1v) is 11.7. The highest BCUT2D eigenvalue weighted by Crippen LogP contribution is 2.33. The average molecular weight is 438 g/mol. The molecule has 1 amide bonds. The van der Waals surface area contributed by atoms with Gasteiger partial charge < -0.3 is 10.1 Å². The zero-order valence-electron chi connectivity index (χ0n) is 17.7. The summed E-state index contributed by atoms with van der Waals surface area (Å²) in [6.07, 6.45) is 5.22. The first-order valence-electron chi connectivity index (χ1n) is 10.8. The summed E-state index contributed by atoms with van der Waals surface area (Å²) in [5, 5.41) is 10.6. The fourth-order valence-electron chi connectivity index (χ4n) is 4.13. The van der Waals surface area contributed by atoms with Gasteiger partial charge >= 0.3 is 0 Å². The lowest BCUT2D eigenvalue weighted by atomic mass is 10.0. The molecular weight excluding hydrogens is 410 g/mol. The standard InChI is InChI=1S/C23H27N5O2S/c1-30-18-6-4-16(5-7-18)13-27-10-8-20-19(15-27)22(26-28(20)14-17-2-3-17)23(29)25-12-21-24-9-11-31-21/h4-7,9,11,17H,2-3,8,10,12-15H2,1H3,(H,25,29). The smallest absolute Gasteiger partial charge is 0.272 e. The molecule has 31 heavy (non-hydrogen) atoms. The van der Waals surface area contributed by atoms with Crippen molar-refractivity contribution in [1.82, 2.24) is 25.0 Å². The molecule has 1 saturated carbocycles. The van der Waals surface area contributed by atoms with E-state index >= 15 is 0 Å². The summed E-state index contributed by atoms with van der Waals surface area (Å²) in [6, 6.07) is 8.20. The van der Waals surface area contributed by atoms with Crippen LogP contribution < -0.4 is 10.1 Å². The van der Waals surface area contributed by atoms with E-state index < -0.39 is 0 Å². The van der Waals surface area contributed by atoms with E-state index in [2.05, 4.69) is 32.0 Å². The van der Waals surface area contributed by atoms with E-state index in [0.29, 0.717) is 18.2 Å². The Morgan fingerprint density at radius 3 is 2.84 bits per heavy atom. The molecule has 1 aliphatic heterocycles. The number of hydrogen-bond acceptors (Lipinski definition) is 6. The van der Waals surface area contributed by atoms with Gasteiger partial charge in [-0.1, -0.05) is 12.1 Å². The van der Waals surface area contributed by atoms with Crippen molar-refractivity contribution >= 4 is 17.2 Å². The Morgan fingerprint density at radius 2 is 2.13 bits per heavy atom. The van der Waals surface area contributed by atoms with Gasteiger partial charge in [-0.15, -0.1) is 11.3 Å². The van der Waals surface area contributed by atoms with E-state index in [9.17, 15) is 4.79 Å². The SMILES string of the molecule is COc1ccc(CN2CCc3c(c(C(=O)NCc4nccs4)nn3CC3CC3)C2)cc1. The number of carbonyl (C=O) groups is 1. The lowest BCUT2D eigenvalue weighted by Gasteiger charge is -2.27. The third-order valence-corrected chi connectivity index (χ3v) is 6.78. The molecule has 0 spiro atoms. The van der Waals surface area contributed by atoms with Crippen molar-refractivity contribution in [3.8, 4) is 5.75 Å². The number of amides is 1. The topological polar surface area (TPSA) is 72.3 Å². The number of benzene rings is 1. The van der Waals surface area contributed by atoms with E-state index in [0.717, 1.165) is 48.9 Å². The van der Waals surface area contributed by atoms with Gasteiger partial charge in [-0.25, -0.2) is 4.98 Å². The molecule has 162 valence electrons. The molecule has 8 heteroatoms. The first-order chi connectivity index (χ1) is 15.2. The average Bonchev–Trinajstić information content (AvgIpc) is 3.31. The zero-order chi connectivity index (χ0) is 21.2. The molecule has 7 nitrogen and oxygen atoms in total. The highest BCUT2D eigenvalue weighted by atomic mass is 32.1. The second kappa shape index (κ2) is 8.80. The van der Waals surface area contributed by atoms with E-state index in [1.165, 1.54) is 24.1 Å². The maximum Gasteiger partial charge on any atom is 0.272 e. The summed E-state index contributed by atoms with van der Waals surface area (Å²) in [5.74, 6) is 1.48. The van der Waals surface area contributed by atoms with Gasteiger partial charge in [0.25, 0.3) is 5.91 Å². The molecule has 2 aliphatic rings. The van der Waals surface area contributed by atoms with Crippen molar-refractivity contribution in [2.75, 3.05) is 13.7 Å². The highest BCUT2D eigenvalue weighted by molar-refractivity contribution is 7.09. The third-order valence-electron chi connectivity index (χ3n) is 6.01. The number of carbonyl (C=O) groups excluding carboxylic acids is 1. The molecular formula is C23H27N5O2S. The van der Waals surface area contributed by atoms with Gasteiger partial charge in [-0.3, -0.25) is 14.4 Å². The van der Waals surface area contributed by atoms with Crippen LogP contribution >= 0.6 is 11.3 Å². The second-order valence-corrected chi connectivity index (χ2v) is 9.30. The normalized spacial score (nSPS) is 16.2. The van der Waals surface area contributed by atoms with E-state index in [1.807, 2.05) is 17.5 Å². The van der Waals surface area contributed by atoms with Crippen LogP contribution in [0.4, 0.5) is 0 Å². The van der Waals surface area contributed by atoms with E-state index in [4.69, 9.17) is 9.84 Å². The first kappa shape index (κ1) is 20.2. The van der Waals surface area contributed by atoms with E-state index in [1.54, 1.807) is 24.6 Å². The summed E-state index contributed by atoms with van der Waals surface area (Å²) in [5.41, 5.74) is 4.13. The van der Waals surface area contributed by atoms with E-state index in [-0.39, 0.29) is 5.91 Å². The minimum atomic E-state index is -0.104. The Balaban J connectivity index is 1.34. The largest absolute Gasteiger partial charge is 0.497 e. The molecule has 0 unspecified atom stereocenters. The quantitative estimate of drug-likeness (QED) is 0.586. The fourth-order valence-corrected chi connectivity index (χ4v) is 4.69. The molecule has 3 heterocycles. The molecule has 2 aromatic heterocycles. The third kappa shape index (κ3) is 4.65. The molecule has 0 radical (unpaired) electrons. The lowest BCUT2D eigenvalue weighted by Crippen LogP contribution is -2.32. The molecule has 1 fully saturated rings. The van der Waals surface area contributed by atoms with Crippen LogP contribution in [0.2, 0.25) is 0 Å². The minimum absolute atomic E-state index is 0.104.